The lowest BCUT2D eigenvalue weighted by molar-refractivity contribution is 0.0997. The van der Waals surface area contributed by atoms with Gasteiger partial charge in [-0.15, -0.1) is 0 Å². The highest BCUT2D eigenvalue weighted by atomic mass is 32.2. The lowest BCUT2D eigenvalue weighted by atomic mass is 10.1. The highest BCUT2D eigenvalue weighted by Gasteiger charge is 2.42. The average Bonchev–Trinajstić information content (AvgIpc) is 3.25. The molecule has 0 unspecified atom stereocenters. The normalized spacial score (nSPS) is 16.5. The summed E-state index contributed by atoms with van der Waals surface area (Å²) in [6.45, 7) is 0.119. The van der Waals surface area contributed by atoms with Crippen molar-refractivity contribution in [3.8, 4) is 5.75 Å². The van der Waals surface area contributed by atoms with E-state index in [2.05, 4.69) is 4.72 Å². The molecule has 8 heteroatoms. The standard InChI is InChI=1S/C13H18N2O5S/c1-20-11-3-2-9(6-10(11)12(14)17)21(18,19)15-7-13(8-16)4-5-13/h2-3,6,15-16H,4-5,7-8H2,1H3,(H2,14,17). The van der Waals surface area contributed by atoms with E-state index >= 15 is 0 Å². The van der Waals surface area contributed by atoms with Gasteiger partial charge in [-0.25, -0.2) is 13.1 Å². The molecule has 0 spiro atoms. The van der Waals surface area contributed by atoms with Gasteiger partial charge in [0.15, 0.2) is 0 Å². The topological polar surface area (TPSA) is 119 Å². The molecular weight excluding hydrogens is 296 g/mol. The van der Waals surface area contributed by atoms with E-state index in [0.717, 1.165) is 12.8 Å². The first kappa shape index (κ1) is 15.7. The molecular formula is C13H18N2O5S. The highest BCUT2D eigenvalue weighted by Crippen LogP contribution is 2.44. The molecule has 21 heavy (non-hydrogen) atoms. The number of aliphatic hydroxyl groups excluding tert-OH is 1. The Bertz CT molecular complexity index is 653. The van der Waals surface area contributed by atoms with E-state index in [1.807, 2.05) is 0 Å². The number of hydrogen-bond donors (Lipinski definition) is 3. The Morgan fingerprint density at radius 1 is 1.48 bits per heavy atom. The maximum Gasteiger partial charge on any atom is 0.252 e. The number of aliphatic hydroxyl groups is 1. The van der Waals surface area contributed by atoms with Gasteiger partial charge in [-0.2, -0.15) is 0 Å². The number of rotatable bonds is 7. The van der Waals surface area contributed by atoms with Crippen LogP contribution in [0.5, 0.6) is 5.75 Å². The minimum Gasteiger partial charge on any atom is -0.496 e. The van der Waals surface area contributed by atoms with Gasteiger partial charge in [0.1, 0.15) is 5.75 Å². The van der Waals surface area contributed by atoms with Crippen molar-refractivity contribution in [3.63, 3.8) is 0 Å². The number of hydrogen-bond acceptors (Lipinski definition) is 5. The summed E-state index contributed by atoms with van der Waals surface area (Å²) in [6, 6.07) is 3.90. The highest BCUT2D eigenvalue weighted by molar-refractivity contribution is 7.89. The number of nitrogens with two attached hydrogens (primary N) is 1. The van der Waals surface area contributed by atoms with Crippen molar-refractivity contribution < 1.29 is 23.1 Å². The second-order valence-corrected chi connectivity index (χ2v) is 6.98. The summed E-state index contributed by atoms with van der Waals surface area (Å²) in [6.07, 6.45) is 1.59. The van der Waals surface area contributed by atoms with Crippen LogP contribution in [0, 0.1) is 5.41 Å². The average molecular weight is 314 g/mol. The summed E-state index contributed by atoms with van der Waals surface area (Å²) in [5, 5.41) is 9.20. The van der Waals surface area contributed by atoms with Gasteiger partial charge in [0.25, 0.3) is 5.91 Å². The Morgan fingerprint density at radius 3 is 2.62 bits per heavy atom. The van der Waals surface area contributed by atoms with Crippen LogP contribution in [0.4, 0.5) is 0 Å². The predicted molar refractivity (Wildman–Crippen MR) is 75.5 cm³/mol. The lowest BCUT2D eigenvalue weighted by Crippen LogP contribution is -2.32. The number of amides is 1. The molecule has 0 aromatic heterocycles. The van der Waals surface area contributed by atoms with Crippen molar-refractivity contribution in [2.24, 2.45) is 11.1 Å². The van der Waals surface area contributed by atoms with Crippen molar-refractivity contribution in [2.45, 2.75) is 17.7 Å². The van der Waals surface area contributed by atoms with E-state index in [1.165, 1.54) is 25.3 Å². The Morgan fingerprint density at radius 2 is 2.14 bits per heavy atom. The summed E-state index contributed by atoms with van der Waals surface area (Å²) in [7, 11) is -2.40. The molecule has 1 fully saturated rings. The second kappa shape index (κ2) is 5.63. The number of methoxy groups -OCH3 is 1. The third-order valence-electron chi connectivity index (χ3n) is 3.68. The van der Waals surface area contributed by atoms with E-state index in [0.29, 0.717) is 0 Å². The van der Waals surface area contributed by atoms with Gasteiger partial charge in [0.05, 0.1) is 17.6 Å². The van der Waals surface area contributed by atoms with Gasteiger partial charge in [-0.1, -0.05) is 0 Å². The zero-order valence-electron chi connectivity index (χ0n) is 11.6. The second-order valence-electron chi connectivity index (χ2n) is 5.21. The molecule has 0 atom stereocenters. The van der Waals surface area contributed by atoms with Crippen LogP contribution >= 0.6 is 0 Å². The summed E-state index contributed by atoms with van der Waals surface area (Å²) < 4.78 is 31.8. The molecule has 1 aliphatic carbocycles. The van der Waals surface area contributed by atoms with Crippen molar-refractivity contribution in [1.82, 2.24) is 4.72 Å². The van der Waals surface area contributed by atoms with Crippen molar-refractivity contribution in [3.05, 3.63) is 23.8 Å². The van der Waals surface area contributed by atoms with Gasteiger partial charge in [0.2, 0.25) is 10.0 Å². The fraction of sp³-hybridized carbons (Fsp3) is 0.462. The molecule has 0 bridgehead atoms. The molecule has 0 heterocycles. The Balaban J connectivity index is 2.23. The van der Waals surface area contributed by atoms with Crippen LogP contribution in [0.25, 0.3) is 0 Å². The molecule has 1 saturated carbocycles. The molecule has 1 amide bonds. The summed E-state index contributed by atoms with van der Waals surface area (Å²) in [5.74, 6) is -0.548. The molecule has 116 valence electrons. The summed E-state index contributed by atoms with van der Waals surface area (Å²) in [4.78, 5) is 11.3. The van der Waals surface area contributed by atoms with Crippen molar-refractivity contribution in [1.29, 1.82) is 0 Å². The van der Waals surface area contributed by atoms with Gasteiger partial charge < -0.3 is 15.6 Å². The Hall–Kier alpha value is -1.64. The van der Waals surface area contributed by atoms with Crippen LogP contribution in [0.15, 0.2) is 23.1 Å². The van der Waals surface area contributed by atoms with Gasteiger partial charge in [-0.3, -0.25) is 4.79 Å². The molecule has 7 nitrogen and oxygen atoms in total. The van der Waals surface area contributed by atoms with E-state index in [4.69, 9.17) is 10.5 Å². The van der Waals surface area contributed by atoms with E-state index < -0.39 is 15.9 Å². The van der Waals surface area contributed by atoms with E-state index in [9.17, 15) is 18.3 Å². The largest absolute Gasteiger partial charge is 0.496 e. The first-order valence-electron chi connectivity index (χ1n) is 6.42. The van der Waals surface area contributed by atoms with Gasteiger partial charge in [0, 0.05) is 18.6 Å². The first-order valence-corrected chi connectivity index (χ1v) is 7.90. The molecule has 4 N–H and O–H groups in total. The molecule has 0 saturated heterocycles. The maximum absolute atomic E-state index is 12.2. The number of carbonyl (C=O) groups excluding carboxylic acids is 1. The van der Waals surface area contributed by atoms with E-state index in [1.54, 1.807) is 0 Å². The first-order chi connectivity index (χ1) is 9.83. The fourth-order valence-corrected chi connectivity index (χ4v) is 3.13. The van der Waals surface area contributed by atoms with Crippen LogP contribution in [-0.2, 0) is 10.0 Å². The molecule has 1 aromatic rings. The smallest absolute Gasteiger partial charge is 0.252 e. The van der Waals surface area contributed by atoms with Crippen LogP contribution in [0.2, 0.25) is 0 Å². The Kier molecular flexibility index (Phi) is 4.22. The zero-order chi connectivity index (χ0) is 15.7. The lowest BCUT2D eigenvalue weighted by Gasteiger charge is -2.14. The number of ether oxygens (including phenoxy) is 1. The van der Waals surface area contributed by atoms with Crippen LogP contribution in [0.1, 0.15) is 23.2 Å². The molecule has 1 aromatic carbocycles. The van der Waals surface area contributed by atoms with Crippen LogP contribution < -0.4 is 15.2 Å². The molecule has 0 aliphatic heterocycles. The number of primary amides is 1. The minimum atomic E-state index is -3.77. The number of nitrogens with one attached hydrogen (secondary N) is 1. The monoisotopic (exact) mass is 314 g/mol. The quantitative estimate of drug-likeness (QED) is 0.646. The van der Waals surface area contributed by atoms with Gasteiger partial charge >= 0.3 is 0 Å². The summed E-state index contributed by atoms with van der Waals surface area (Å²) >= 11 is 0. The van der Waals surface area contributed by atoms with Crippen LogP contribution in [-0.4, -0.2) is 39.7 Å². The van der Waals surface area contributed by atoms with Crippen molar-refractivity contribution >= 4 is 15.9 Å². The fourth-order valence-electron chi connectivity index (χ4n) is 1.95. The minimum absolute atomic E-state index is 0.00340. The summed E-state index contributed by atoms with van der Waals surface area (Å²) in [5.41, 5.74) is 4.87. The van der Waals surface area contributed by atoms with Crippen LogP contribution in [0.3, 0.4) is 0 Å². The Labute approximate surface area is 123 Å². The zero-order valence-corrected chi connectivity index (χ0v) is 12.4. The molecule has 0 radical (unpaired) electrons. The SMILES string of the molecule is COc1ccc(S(=O)(=O)NCC2(CO)CC2)cc1C(N)=O. The number of carbonyl (C=O) groups is 1. The third kappa shape index (κ3) is 3.34. The van der Waals surface area contributed by atoms with Crippen molar-refractivity contribution in [2.75, 3.05) is 20.3 Å². The molecule has 2 rings (SSSR count). The molecule has 1 aliphatic rings. The number of benzene rings is 1. The van der Waals surface area contributed by atoms with Gasteiger partial charge in [-0.05, 0) is 31.0 Å². The number of sulfonamides is 1. The predicted octanol–water partition coefficient (Wildman–Crippen LogP) is -0.155. The van der Waals surface area contributed by atoms with E-state index in [-0.39, 0.29) is 34.8 Å². The third-order valence-corrected chi connectivity index (χ3v) is 5.08. The maximum atomic E-state index is 12.2.